The number of hydrogen-bond acceptors (Lipinski definition) is 1. The minimum atomic E-state index is 0.991. The molecule has 2 aliphatic rings. The monoisotopic (exact) mass is 215 g/mol. The van der Waals surface area contributed by atoms with Gasteiger partial charge in [-0.2, -0.15) is 0 Å². The van der Waals surface area contributed by atoms with Gasteiger partial charge in [0, 0.05) is 19.6 Å². The van der Waals surface area contributed by atoms with Gasteiger partial charge in [-0.25, -0.2) is 0 Å². The second-order valence-electron chi connectivity index (χ2n) is 5.40. The van der Waals surface area contributed by atoms with E-state index >= 15 is 0 Å². The molecule has 1 heterocycles. The number of fused-ring (bicyclic) bond motifs is 1. The molecule has 1 aliphatic heterocycles. The van der Waals surface area contributed by atoms with Crippen molar-refractivity contribution >= 4 is 0 Å². The van der Waals surface area contributed by atoms with E-state index in [2.05, 4.69) is 29.2 Å². The number of hydrogen-bond donors (Lipinski definition) is 0. The van der Waals surface area contributed by atoms with Gasteiger partial charge in [0.15, 0.2) is 0 Å². The van der Waals surface area contributed by atoms with Crippen LogP contribution in [-0.4, -0.2) is 18.0 Å². The van der Waals surface area contributed by atoms with Gasteiger partial charge in [0.1, 0.15) is 0 Å². The molecule has 3 rings (SSSR count). The predicted molar refractivity (Wildman–Crippen MR) is 67.4 cm³/mol. The van der Waals surface area contributed by atoms with Crippen molar-refractivity contribution in [1.29, 1.82) is 0 Å². The maximum atomic E-state index is 2.66. The van der Waals surface area contributed by atoms with E-state index in [0.717, 1.165) is 5.92 Å². The molecule has 1 aliphatic carbocycles. The average molecular weight is 215 g/mol. The summed E-state index contributed by atoms with van der Waals surface area (Å²) in [7, 11) is 0. The number of benzene rings is 1. The van der Waals surface area contributed by atoms with Crippen LogP contribution in [0.5, 0.6) is 0 Å². The highest BCUT2D eigenvalue weighted by Gasteiger charge is 2.21. The fourth-order valence-corrected chi connectivity index (χ4v) is 3.27. The minimum absolute atomic E-state index is 0.991. The van der Waals surface area contributed by atoms with E-state index in [1.165, 1.54) is 51.7 Å². The van der Waals surface area contributed by atoms with Crippen molar-refractivity contribution in [2.75, 3.05) is 13.1 Å². The van der Waals surface area contributed by atoms with Crippen molar-refractivity contribution in [3.8, 4) is 0 Å². The normalized spacial score (nSPS) is 22.2. The van der Waals surface area contributed by atoms with Crippen LogP contribution >= 0.6 is 0 Å². The molecule has 1 fully saturated rings. The molecular weight excluding hydrogens is 194 g/mol. The Labute approximate surface area is 98.5 Å². The van der Waals surface area contributed by atoms with Gasteiger partial charge in [-0.3, -0.25) is 4.90 Å². The van der Waals surface area contributed by atoms with Crippen molar-refractivity contribution in [3.63, 3.8) is 0 Å². The lowest BCUT2D eigenvalue weighted by Gasteiger charge is -2.30. The first-order chi connectivity index (χ1) is 7.92. The second-order valence-corrected chi connectivity index (χ2v) is 5.40. The lowest BCUT2D eigenvalue weighted by atomic mass is 9.98. The Balaban J connectivity index is 1.63. The van der Waals surface area contributed by atoms with Crippen LogP contribution in [0.25, 0.3) is 0 Å². The molecule has 86 valence electrons. The Kier molecular flexibility index (Phi) is 2.96. The minimum Gasteiger partial charge on any atom is -0.298 e. The molecular formula is C15H21N. The van der Waals surface area contributed by atoms with Crippen molar-refractivity contribution in [2.24, 2.45) is 5.92 Å². The topological polar surface area (TPSA) is 3.24 Å². The first kappa shape index (κ1) is 10.3. The summed E-state index contributed by atoms with van der Waals surface area (Å²) >= 11 is 0. The molecule has 0 N–H and O–H groups in total. The molecule has 0 amide bonds. The second kappa shape index (κ2) is 4.58. The van der Waals surface area contributed by atoms with E-state index in [4.69, 9.17) is 0 Å². The Morgan fingerprint density at radius 2 is 1.81 bits per heavy atom. The molecule has 1 heteroatoms. The van der Waals surface area contributed by atoms with Gasteiger partial charge in [0.05, 0.1) is 0 Å². The summed E-state index contributed by atoms with van der Waals surface area (Å²) in [6.07, 6.45) is 7.13. The van der Waals surface area contributed by atoms with E-state index in [1.54, 1.807) is 11.1 Å². The molecule has 1 aromatic carbocycles. The standard InChI is InChI=1S/C15H21N/c1-2-6-13(5-1)11-16-10-9-14-7-3-4-8-15(14)12-16/h3-4,7-8,13H,1-2,5-6,9-12H2. The van der Waals surface area contributed by atoms with E-state index in [9.17, 15) is 0 Å². The van der Waals surface area contributed by atoms with E-state index in [1.807, 2.05) is 0 Å². The van der Waals surface area contributed by atoms with Crippen LogP contribution in [0.3, 0.4) is 0 Å². The van der Waals surface area contributed by atoms with Gasteiger partial charge < -0.3 is 0 Å². The summed E-state index contributed by atoms with van der Waals surface area (Å²) in [5, 5.41) is 0. The zero-order chi connectivity index (χ0) is 10.8. The molecule has 1 nitrogen and oxygen atoms in total. The van der Waals surface area contributed by atoms with Gasteiger partial charge in [0.2, 0.25) is 0 Å². The zero-order valence-corrected chi connectivity index (χ0v) is 9.99. The van der Waals surface area contributed by atoms with Crippen molar-refractivity contribution in [3.05, 3.63) is 35.4 Å². The third kappa shape index (κ3) is 2.15. The summed E-state index contributed by atoms with van der Waals surface area (Å²) in [5.74, 6) is 0.991. The first-order valence-corrected chi connectivity index (χ1v) is 6.71. The predicted octanol–water partition coefficient (Wildman–Crippen LogP) is 3.23. The van der Waals surface area contributed by atoms with Gasteiger partial charge in [-0.15, -0.1) is 0 Å². The summed E-state index contributed by atoms with van der Waals surface area (Å²) in [4.78, 5) is 2.66. The van der Waals surface area contributed by atoms with E-state index < -0.39 is 0 Å². The average Bonchev–Trinajstić information content (AvgIpc) is 2.82. The Morgan fingerprint density at radius 1 is 1.06 bits per heavy atom. The highest BCUT2D eigenvalue weighted by Crippen LogP contribution is 2.27. The van der Waals surface area contributed by atoms with Gasteiger partial charge in [-0.05, 0) is 36.3 Å². The third-order valence-electron chi connectivity index (χ3n) is 4.20. The number of nitrogens with zero attached hydrogens (tertiary/aromatic N) is 1. The molecule has 0 saturated heterocycles. The summed E-state index contributed by atoms with van der Waals surface area (Å²) in [5.41, 5.74) is 3.14. The van der Waals surface area contributed by atoms with E-state index in [-0.39, 0.29) is 0 Å². The zero-order valence-electron chi connectivity index (χ0n) is 9.99. The smallest absolute Gasteiger partial charge is 0.0236 e. The summed E-state index contributed by atoms with van der Waals surface area (Å²) < 4.78 is 0. The first-order valence-electron chi connectivity index (χ1n) is 6.71. The van der Waals surface area contributed by atoms with Crippen molar-refractivity contribution in [2.45, 2.75) is 38.6 Å². The van der Waals surface area contributed by atoms with Crippen LogP contribution in [0.4, 0.5) is 0 Å². The highest BCUT2D eigenvalue weighted by atomic mass is 15.1. The lowest BCUT2D eigenvalue weighted by Crippen LogP contribution is -2.33. The Hall–Kier alpha value is -0.820. The van der Waals surface area contributed by atoms with Crippen LogP contribution in [0, 0.1) is 5.92 Å². The van der Waals surface area contributed by atoms with Gasteiger partial charge >= 0.3 is 0 Å². The molecule has 1 saturated carbocycles. The molecule has 16 heavy (non-hydrogen) atoms. The molecule has 0 bridgehead atoms. The van der Waals surface area contributed by atoms with Crippen LogP contribution in [-0.2, 0) is 13.0 Å². The van der Waals surface area contributed by atoms with Gasteiger partial charge in [-0.1, -0.05) is 37.1 Å². The lowest BCUT2D eigenvalue weighted by molar-refractivity contribution is 0.215. The molecule has 0 unspecified atom stereocenters. The third-order valence-corrected chi connectivity index (χ3v) is 4.20. The molecule has 0 aromatic heterocycles. The SMILES string of the molecule is c1ccc2c(c1)CCN(CC1CCCC1)C2. The van der Waals surface area contributed by atoms with Crippen LogP contribution in [0.2, 0.25) is 0 Å². The van der Waals surface area contributed by atoms with Crippen molar-refractivity contribution < 1.29 is 0 Å². The number of rotatable bonds is 2. The van der Waals surface area contributed by atoms with Crippen molar-refractivity contribution in [1.82, 2.24) is 4.90 Å². The Bertz CT molecular complexity index is 352. The van der Waals surface area contributed by atoms with Crippen LogP contribution in [0.15, 0.2) is 24.3 Å². The largest absolute Gasteiger partial charge is 0.298 e. The molecule has 1 aromatic rings. The fraction of sp³-hybridized carbons (Fsp3) is 0.600. The van der Waals surface area contributed by atoms with Crippen LogP contribution in [0.1, 0.15) is 36.8 Å². The van der Waals surface area contributed by atoms with Crippen LogP contribution < -0.4 is 0 Å². The quantitative estimate of drug-likeness (QED) is 0.732. The Morgan fingerprint density at radius 3 is 2.62 bits per heavy atom. The molecule has 0 spiro atoms. The molecule has 0 atom stereocenters. The summed E-state index contributed by atoms with van der Waals surface area (Å²) in [6.45, 7) is 3.80. The maximum absolute atomic E-state index is 2.66. The highest BCUT2D eigenvalue weighted by molar-refractivity contribution is 5.29. The fourth-order valence-electron chi connectivity index (χ4n) is 3.27. The van der Waals surface area contributed by atoms with E-state index in [0.29, 0.717) is 0 Å². The molecule has 0 radical (unpaired) electrons. The maximum Gasteiger partial charge on any atom is 0.0236 e. The van der Waals surface area contributed by atoms with Gasteiger partial charge in [0.25, 0.3) is 0 Å². The summed E-state index contributed by atoms with van der Waals surface area (Å²) in [6, 6.07) is 8.95.